The molecule has 5 heteroatoms. The summed E-state index contributed by atoms with van der Waals surface area (Å²) in [5.74, 6) is -1.22. The van der Waals surface area contributed by atoms with Crippen molar-refractivity contribution in [2.24, 2.45) is 0 Å². The van der Waals surface area contributed by atoms with Crippen LogP contribution in [0.4, 0.5) is 8.78 Å². The van der Waals surface area contributed by atoms with Crippen molar-refractivity contribution in [2.45, 2.75) is 0 Å². The van der Waals surface area contributed by atoms with Crippen LogP contribution in [0.3, 0.4) is 0 Å². The summed E-state index contributed by atoms with van der Waals surface area (Å²) in [5.41, 5.74) is 0.745. The molecule has 1 aromatic heterocycles. The summed E-state index contributed by atoms with van der Waals surface area (Å²) in [6.45, 7) is 0. The SMILES string of the molecule is Fc1cc(F)c2oc(-c3ccc(Cl)cc3)nc2c1. The molecule has 0 radical (unpaired) electrons. The van der Waals surface area contributed by atoms with Crippen LogP contribution in [0.1, 0.15) is 0 Å². The van der Waals surface area contributed by atoms with E-state index in [1.807, 2.05) is 0 Å². The minimum absolute atomic E-state index is 0.0543. The standard InChI is InChI=1S/C13H6ClF2NO/c14-8-3-1-7(2-4-8)13-17-11-6-9(15)5-10(16)12(11)18-13/h1-6H. The molecule has 3 rings (SSSR count). The Balaban J connectivity index is 2.19. The second-order valence-corrected chi connectivity index (χ2v) is 4.20. The van der Waals surface area contributed by atoms with Crippen molar-refractivity contribution < 1.29 is 13.2 Å². The Morgan fingerprint density at radius 1 is 1.06 bits per heavy atom. The van der Waals surface area contributed by atoms with Crippen molar-refractivity contribution in [1.82, 2.24) is 4.98 Å². The minimum atomic E-state index is -0.766. The van der Waals surface area contributed by atoms with Crippen molar-refractivity contribution in [2.75, 3.05) is 0 Å². The number of rotatable bonds is 1. The molecule has 3 aromatic rings. The highest BCUT2D eigenvalue weighted by atomic mass is 35.5. The maximum absolute atomic E-state index is 13.4. The van der Waals surface area contributed by atoms with Crippen LogP contribution in [0.15, 0.2) is 40.8 Å². The van der Waals surface area contributed by atoms with Crippen molar-refractivity contribution in [3.05, 3.63) is 53.1 Å². The van der Waals surface area contributed by atoms with Crippen molar-refractivity contribution in [3.63, 3.8) is 0 Å². The highest BCUT2D eigenvalue weighted by molar-refractivity contribution is 6.30. The Bertz CT molecular complexity index is 722. The molecule has 0 aliphatic rings. The van der Waals surface area contributed by atoms with Crippen LogP contribution >= 0.6 is 11.6 Å². The molecule has 0 unspecified atom stereocenters. The largest absolute Gasteiger partial charge is 0.433 e. The van der Waals surface area contributed by atoms with E-state index in [1.54, 1.807) is 24.3 Å². The minimum Gasteiger partial charge on any atom is -0.433 e. The fourth-order valence-corrected chi connectivity index (χ4v) is 1.80. The zero-order valence-corrected chi connectivity index (χ0v) is 9.71. The molecule has 0 aliphatic carbocycles. The molecule has 0 N–H and O–H groups in total. The lowest BCUT2D eigenvalue weighted by atomic mass is 10.2. The predicted molar refractivity (Wildman–Crippen MR) is 64.4 cm³/mol. The second kappa shape index (κ2) is 4.07. The third-order valence-corrected chi connectivity index (χ3v) is 2.75. The summed E-state index contributed by atoms with van der Waals surface area (Å²) in [7, 11) is 0. The first-order valence-corrected chi connectivity index (χ1v) is 5.53. The molecule has 0 spiro atoms. The number of fused-ring (bicyclic) bond motifs is 1. The predicted octanol–water partition coefficient (Wildman–Crippen LogP) is 4.43. The molecule has 0 saturated carbocycles. The lowest BCUT2D eigenvalue weighted by molar-refractivity contribution is 0.550. The van der Waals surface area contributed by atoms with Crippen LogP contribution in [0, 0.1) is 11.6 Å². The molecule has 18 heavy (non-hydrogen) atoms. The number of oxazole rings is 1. The number of nitrogens with zero attached hydrogens (tertiary/aromatic N) is 1. The highest BCUT2D eigenvalue weighted by Crippen LogP contribution is 2.27. The molecular formula is C13H6ClF2NO. The summed E-state index contributed by atoms with van der Waals surface area (Å²) < 4.78 is 31.8. The van der Waals surface area contributed by atoms with E-state index in [0.717, 1.165) is 12.1 Å². The van der Waals surface area contributed by atoms with Crippen molar-refractivity contribution in [1.29, 1.82) is 0 Å². The molecule has 90 valence electrons. The van der Waals surface area contributed by atoms with Crippen LogP contribution in [0.25, 0.3) is 22.6 Å². The smallest absolute Gasteiger partial charge is 0.227 e. The molecule has 0 aliphatic heterocycles. The van der Waals surface area contributed by atoms with Gasteiger partial charge in [0.15, 0.2) is 11.4 Å². The van der Waals surface area contributed by atoms with E-state index in [4.69, 9.17) is 16.0 Å². The molecule has 2 aromatic carbocycles. The lowest BCUT2D eigenvalue weighted by Crippen LogP contribution is -1.79. The number of aromatic nitrogens is 1. The van der Waals surface area contributed by atoms with E-state index in [1.165, 1.54) is 0 Å². The Hall–Kier alpha value is -1.94. The van der Waals surface area contributed by atoms with Gasteiger partial charge in [-0.15, -0.1) is 0 Å². The van der Waals surface area contributed by atoms with Gasteiger partial charge in [0.25, 0.3) is 0 Å². The molecule has 2 nitrogen and oxygen atoms in total. The Morgan fingerprint density at radius 2 is 1.78 bits per heavy atom. The normalized spacial score (nSPS) is 11.1. The van der Waals surface area contributed by atoms with Crippen LogP contribution in [0.2, 0.25) is 5.02 Å². The van der Waals surface area contributed by atoms with Crippen molar-refractivity contribution >= 4 is 22.7 Å². The van der Waals surface area contributed by atoms with E-state index in [9.17, 15) is 8.78 Å². The lowest BCUT2D eigenvalue weighted by Gasteiger charge is -1.94. The van der Waals surface area contributed by atoms with Crippen LogP contribution in [-0.4, -0.2) is 4.98 Å². The Kier molecular flexibility index (Phi) is 2.52. The van der Waals surface area contributed by atoms with Gasteiger partial charge in [0.1, 0.15) is 11.3 Å². The van der Waals surface area contributed by atoms with Gasteiger partial charge in [0, 0.05) is 22.7 Å². The van der Waals surface area contributed by atoms with E-state index < -0.39 is 11.6 Å². The summed E-state index contributed by atoms with van der Waals surface area (Å²) in [5, 5.41) is 0.576. The third kappa shape index (κ3) is 1.84. The van der Waals surface area contributed by atoms with Crippen LogP contribution < -0.4 is 0 Å². The fraction of sp³-hybridized carbons (Fsp3) is 0. The van der Waals surface area contributed by atoms with Crippen molar-refractivity contribution in [3.8, 4) is 11.5 Å². The first kappa shape index (κ1) is 11.2. The van der Waals surface area contributed by atoms with Gasteiger partial charge < -0.3 is 4.42 Å². The van der Waals surface area contributed by atoms with E-state index >= 15 is 0 Å². The molecule has 0 fully saturated rings. The molecule has 0 atom stereocenters. The van der Waals surface area contributed by atoms with Gasteiger partial charge in [-0.1, -0.05) is 11.6 Å². The summed E-state index contributed by atoms with van der Waals surface area (Å²) in [6.07, 6.45) is 0. The summed E-state index contributed by atoms with van der Waals surface area (Å²) >= 11 is 5.76. The number of hydrogen-bond donors (Lipinski definition) is 0. The first-order chi connectivity index (χ1) is 8.63. The van der Waals surface area contributed by atoms with Gasteiger partial charge in [-0.3, -0.25) is 0 Å². The average Bonchev–Trinajstić information content (AvgIpc) is 2.74. The highest BCUT2D eigenvalue weighted by Gasteiger charge is 2.13. The number of benzene rings is 2. The molecular weight excluding hydrogens is 260 g/mol. The fourth-order valence-electron chi connectivity index (χ4n) is 1.68. The van der Waals surface area contributed by atoms with Gasteiger partial charge in [-0.05, 0) is 24.3 Å². The first-order valence-electron chi connectivity index (χ1n) is 5.15. The summed E-state index contributed by atoms with van der Waals surface area (Å²) in [6, 6.07) is 8.62. The average molecular weight is 266 g/mol. The van der Waals surface area contributed by atoms with Gasteiger partial charge in [0.2, 0.25) is 5.89 Å². The Morgan fingerprint density at radius 3 is 2.50 bits per heavy atom. The molecule has 0 saturated heterocycles. The third-order valence-electron chi connectivity index (χ3n) is 2.50. The topological polar surface area (TPSA) is 26.0 Å². The van der Waals surface area contributed by atoms with Gasteiger partial charge in [-0.2, -0.15) is 0 Å². The van der Waals surface area contributed by atoms with E-state index in [2.05, 4.69) is 4.98 Å². The van der Waals surface area contributed by atoms with Crippen LogP contribution in [0.5, 0.6) is 0 Å². The number of halogens is 3. The van der Waals surface area contributed by atoms with Gasteiger partial charge in [-0.25, -0.2) is 13.8 Å². The Labute approximate surface area is 106 Å². The van der Waals surface area contributed by atoms with E-state index in [-0.39, 0.29) is 17.0 Å². The molecule has 1 heterocycles. The summed E-state index contributed by atoms with van der Waals surface area (Å²) in [4.78, 5) is 4.04. The second-order valence-electron chi connectivity index (χ2n) is 3.76. The zero-order valence-electron chi connectivity index (χ0n) is 8.95. The zero-order chi connectivity index (χ0) is 12.7. The quantitative estimate of drug-likeness (QED) is 0.651. The van der Waals surface area contributed by atoms with Crippen LogP contribution in [-0.2, 0) is 0 Å². The van der Waals surface area contributed by atoms with Gasteiger partial charge in [0.05, 0.1) is 0 Å². The molecule has 0 bridgehead atoms. The monoisotopic (exact) mass is 265 g/mol. The van der Waals surface area contributed by atoms with E-state index in [0.29, 0.717) is 10.6 Å². The maximum atomic E-state index is 13.4. The molecule has 0 amide bonds. The van der Waals surface area contributed by atoms with Gasteiger partial charge >= 0.3 is 0 Å². The number of hydrogen-bond acceptors (Lipinski definition) is 2. The maximum Gasteiger partial charge on any atom is 0.227 e.